The third kappa shape index (κ3) is 20.1. The molecule has 636 valence electrons. The number of fused-ring (bicyclic) bond motifs is 3. The normalized spacial score (nSPS) is 11.9. The Bertz CT molecular complexity index is 7100. The number of benzene rings is 6. The van der Waals surface area contributed by atoms with E-state index in [1.807, 2.05) is 154 Å². The standard InChI is InChI=1S/C32H35N5O5S.C31H33N5O5S.C29H29N5O2S2/c1-6-9-24-28-29(36(3)35-24)32(39)37(30(34-28)22-12-15-25(40-4)26(19-22)41-5)16-7-8-17-42-23-13-10-21(11-14-23)18-27-31(38)33-20(2)43-27;1-6-8-23-27-28(35(3)34-23)31(38)36(29(33-27)21-11-14-24(39-4)25(18-21)40-5)15-7-16-41-22-12-9-20(10-13-22)17-26-30(37)32-19(2)42-26;1-5-9-23-24-25(33(4)32-23)29(36)34(27(31-24)21-10-7-6-8-11-21)16-17-37-22-14-12-20(13-15-22)18(2)26-28(35)30-19(3)38-26/h10-15,18-19H,2,6-9,16-17H2,1,3-5H3,(H,33,38);9-14,17-18H,2,6-8,15-16H2,1,3-5H3,(H,32,37);6-8,10-15H,3,5,9,16-17H2,1-2,4H3,(H,30,35)/b27-18+;26-17+;26-18+. The van der Waals surface area contributed by atoms with E-state index in [1.165, 1.54) is 34.0 Å². The van der Waals surface area contributed by atoms with Crippen LogP contribution in [0.5, 0.6) is 34.5 Å². The number of thioether (sulfide) groups is 1. The second-order valence-corrected chi connectivity index (χ2v) is 33.5. The van der Waals surface area contributed by atoms with Crippen molar-refractivity contribution in [2.75, 3.05) is 47.4 Å². The van der Waals surface area contributed by atoms with Crippen LogP contribution in [0.4, 0.5) is 0 Å². The van der Waals surface area contributed by atoms with Gasteiger partial charge >= 0.3 is 0 Å². The quantitative estimate of drug-likeness (QED) is 0.0268. The van der Waals surface area contributed by atoms with Crippen LogP contribution in [0.2, 0.25) is 0 Å². The van der Waals surface area contributed by atoms with Crippen molar-refractivity contribution in [3.63, 3.8) is 0 Å². The first kappa shape index (κ1) is 87.8. The highest BCUT2D eigenvalue weighted by atomic mass is 32.2. The molecule has 9 aromatic heterocycles. The number of ether oxygens (including phenoxy) is 6. The predicted octanol–water partition coefficient (Wildman–Crippen LogP) is 10.8. The lowest BCUT2D eigenvalue weighted by atomic mass is 10.1. The Morgan fingerprint density at radius 1 is 0.447 bits per heavy atom. The molecule has 0 amide bonds. The number of hydrogen-bond donors (Lipinski definition) is 3. The van der Waals surface area contributed by atoms with Crippen molar-refractivity contribution in [2.45, 2.75) is 110 Å². The van der Waals surface area contributed by atoms with Gasteiger partial charge in [-0.05, 0) is 153 Å². The number of aromatic amines is 3. The summed E-state index contributed by atoms with van der Waals surface area (Å²) in [6, 6.07) is 44.2. The van der Waals surface area contributed by atoms with Gasteiger partial charge in [0.05, 0.1) is 86.3 Å². The maximum absolute atomic E-state index is 13.9. The highest BCUT2D eigenvalue weighted by Crippen LogP contribution is 2.35. The van der Waals surface area contributed by atoms with E-state index in [-0.39, 0.29) is 33.4 Å². The number of unbranched alkanes of at least 4 members (excludes halogenated alkanes) is 1. The summed E-state index contributed by atoms with van der Waals surface area (Å²) in [6.45, 7) is 21.8. The van der Waals surface area contributed by atoms with E-state index in [1.54, 1.807) is 82.0 Å². The average Bonchev–Trinajstić information content (AvgIpc) is 1.65. The second-order valence-electron chi connectivity index (χ2n) is 28.9. The lowest BCUT2D eigenvalue weighted by Gasteiger charge is -2.15. The minimum Gasteiger partial charge on any atom is -0.494 e. The van der Waals surface area contributed by atoms with Gasteiger partial charge in [-0.1, -0.05) is 127 Å². The summed E-state index contributed by atoms with van der Waals surface area (Å²) in [5.41, 5.74) is 11.3. The Morgan fingerprint density at radius 2 is 0.846 bits per heavy atom. The SMILES string of the molecule is C=c1[nH]c(=O)/c(=C(/C)c2ccc(SCCn3c(-c4ccccc4)nc4c(CCC)nn(C)c4c3=O)cc2)s1.C=c1[nH]c(=O)/c(=C\c2ccc(OCCCCn3c(-c4ccc(OC)c(OC)c4)nc4c(CCC)nn(C)c4c3=O)cc2)s1.C=c1[nH]c(=O)/c(=C\c2ccc(OCCCn3c(-c4ccc(OC)c(OC)c4)nc4c(CCC)nn(C)c4c3=O)cc2)s1. The number of aromatic nitrogens is 15. The molecule has 0 unspecified atom stereocenters. The molecule has 6 aromatic carbocycles. The largest absolute Gasteiger partial charge is 0.494 e. The van der Waals surface area contributed by atoms with E-state index in [4.69, 9.17) is 43.4 Å². The van der Waals surface area contributed by atoms with Gasteiger partial charge in [0.15, 0.2) is 39.5 Å². The van der Waals surface area contributed by atoms with E-state index in [0.717, 1.165) is 112 Å². The topological polar surface area (TPSA) is 312 Å². The molecule has 0 aliphatic heterocycles. The maximum atomic E-state index is 13.9. The number of aryl methyl sites for hydroxylation is 6. The van der Waals surface area contributed by atoms with E-state index >= 15 is 0 Å². The summed E-state index contributed by atoms with van der Waals surface area (Å²) in [7, 11) is 11.7. The first-order valence-corrected chi connectivity index (χ1v) is 43.7. The Hall–Kier alpha value is -13.0. The molecule has 0 fully saturated rings. The zero-order valence-corrected chi connectivity index (χ0v) is 73.8. The molecule has 0 radical (unpaired) electrons. The summed E-state index contributed by atoms with van der Waals surface area (Å²) in [4.78, 5) is 102. The molecule has 0 atom stereocenters. The zero-order valence-electron chi connectivity index (χ0n) is 70.6. The summed E-state index contributed by atoms with van der Waals surface area (Å²) < 4.78 is 47.7. The Kier molecular flexibility index (Phi) is 28.7. The van der Waals surface area contributed by atoms with Gasteiger partial charge in [-0.3, -0.25) is 56.5 Å². The number of H-pyrrole nitrogens is 3. The van der Waals surface area contributed by atoms with Crippen LogP contribution in [0, 0.1) is 0 Å². The number of hydrogen-bond acceptors (Lipinski definition) is 22. The van der Waals surface area contributed by atoms with Crippen molar-refractivity contribution in [1.29, 1.82) is 0 Å². The van der Waals surface area contributed by atoms with Crippen LogP contribution in [-0.4, -0.2) is 120 Å². The Labute approximate surface area is 723 Å². The summed E-state index contributed by atoms with van der Waals surface area (Å²) in [5.74, 6) is 6.20. The van der Waals surface area contributed by atoms with Crippen molar-refractivity contribution < 1.29 is 28.4 Å². The van der Waals surface area contributed by atoms with Crippen LogP contribution in [0.25, 0.3) is 105 Å². The first-order valence-electron chi connectivity index (χ1n) is 40.3. The molecular weight excluding hydrogens is 1640 g/mol. The number of nitrogens with one attached hydrogen (secondary N) is 3. The summed E-state index contributed by atoms with van der Waals surface area (Å²) >= 11 is 5.70. The minimum absolute atomic E-state index is 0.0710. The smallest absolute Gasteiger partial charge is 0.280 e. The van der Waals surface area contributed by atoms with Gasteiger partial charge in [0.25, 0.3) is 33.4 Å². The molecule has 0 bridgehead atoms. The number of rotatable bonds is 31. The van der Waals surface area contributed by atoms with Crippen LogP contribution >= 0.6 is 45.8 Å². The van der Waals surface area contributed by atoms with E-state index in [2.05, 4.69) is 82.9 Å². The molecule has 0 saturated heterocycles. The molecule has 3 N–H and O–H groups in total. The van der Waals surface area contributed by atoms with E-state index in [0.29, 0.717) is 158 Å². The first-order chi connectivity index (χ1) is 59.5. The van der Waals surface area contributed by atoms with Crippen molar-refractivity contribution >= 4 is 116 Å². The fraction of sp³-hybridized carbons (Fsp3) is 0.283. The van der Waals surface area contributed by atoms with Crippen LogP contribution < -0.4 is 89.4 Å². The third-order valence-corrected chi connectivity index (χ3v) is 24.1. The zero-order chi connectivity index (χ0) is 87.1. The van der Waals surface area contributed by atoms with Gasteiger partial charge in [0, 0.05) is 68.1 Å². The lowest BCUT2D eigenvalue weighted by Crippen LogP contribution is -2.25. The number of nitrogens with zero attached hydrogens (tertiary/aromatic N) is 12. The van der Waals surface area contributed by atoms with Gasteiger partial charge < -0.3 is 43.4 Å². The minimum atomic E-state index is -0.156. The van der Waals surface area contributed by atoms with Crippen molar-refractivity contribution in [3.05, 3.63) is 263 Å². The van der Waals surface area contributed by atoms with Gasteiger partial charge in [0.1, 0.15) is 45.5 Å². The molecule has 9 heterocycles. The molecule has 15 aromatic rings. The number of thiazole rings is 3. The van der Waals surface area contributed by atoms with Crippen LogP contribution in [0.1, 0.15) is 100.0 Å². The fourth-order valence-corrected chi connectivity index (χ4v) is 17.5. The Balaban J connectivity index is 0.000000159. The maximum Gasteiger partial charge on any atom is 0.280 e. The second kappa shape index (κ2) is 40.1. The average molecular weight is 1730 g/mol. The van der Waals surface area contributed by atoms with Gasteiger partial charge in [0.2, 0.25) is 0 Å². The molecular formula is C92H97N15O12S4. The Morgan fingerprint density at radius 3 is 1.24 bits per heavy atom. The van der Waals surface area contributed by atoms with Crippen LogP contribution in [0.3, 0.4) is 0 Å². The highest BCUT2D eigenvalue weighted by Gasteiger charge is 2.25. The molecule has 31 heteroatoms. The van der Waals surface area contributed by atoms with Gasteiger partial charge in [-0.15, -0.1) is 45.8 Å². The molecule has 15 rings (SSSR count). The van der Waals surface area contributed by atoms with Crippen LogP contribution in [0.15, 0.2) is 173 Å². The van der Waals surface area contributed by atoms with E-state index in [9.17, 15) is 28.8 Å². The lowest BCUT2D eigenvalue weighted by molar-refractivity contribution is 0.301. The highest BCUT2D eigenvalue weighted by molar-refractivity contribution is 7.99. The van der Waals surface area contributed by atoms with Crippen LogP contribution in [-0.2, 0) is 60.0 Å². The third-order valence-electron chi connectivity index (χ3n) is 20.3. The predicted molar refractivity (Wildman–Crippen MR) is 492 cm³/mol. The van der Waals surface area contributed by atoms with Gasteiger partial charge in [-0.25, -0.2) is 15.0 Å². The molecule has 0 spiro atoms. The van der Waals surface area contributed by atoms with Crippen molar-refractivity contribution in [2.24, 2.45) is 21.1 Å². The fourth-order valence-electron chi connectivity index (χ4n) is 14.4. The summed E-state index contributed by atoms with van der Waals surface area (Å²) in [6.07, 6.45) is 10.6. The van der Waals surface area contributed by atoms with E-state index < -0.39 is 0 Å². The summed E-state index contributed by atoms with van der Waals surface area (Å²) in [5, 5.41) is 13.8. The monoisotopic (exact) mass is 1730 g/mol. The van der Waals surface area contributed by atoms with Gasteiger partial charge in [-0.2, -0.15) is 15.3 Å². The molecule has 0 aliphatic rings. The van der Waals surface area contributed by atoms with Crippen molar-refractivity contribution in [1.82, 2.24) is 72.9 Å². The molecule has 123 heavy (non-hydrogen) atoms. The number of methoxy groups -OCH3 is 4. The molecule has 27 nitrogen and oxygen atoms in total. The molecule has 0 saturated carbocycles. The van der Waals surface area contributed by atoms with Crippen molar-refractivity contribution in [3.8, 4) is 68.7 Å². The molecule has 0 aliphatic carbocycles.